The number of amides is 2. The smallest absolute Gasteiger partial charge is 0.283 e. The third-order valence-corrected chi connectivity index (χ3v) is 4.92. The first-order valence-corrected chi connectivity index (χ1v) is 8.66. The summed E-state index contributed by atoms with van der Waals surface area (Å²) in [6, 6.07) is 12.0. The molecular weight excluding hydrogens is 383 g/mol. The van der Waals surface area contributed by atoms with E-state index in [1.54, 1.807) is 30.3 Å². The molecule has 0 radical (unpaired) electrons. The summed E-state index contributed by atoms with van der Waals surface area (Å²) >= 11 is 18.0. The van der Waals surface area contributed by atoms with E-state index < -0.39 is 11.8 Å². The lowest BCUT2D eigenvalue weighted by molar-refractivity contribution is -0.120. The number of imide groups is 1. The SMILES string of the molecule is CCc1ccccc1N1C(=O)C(Cl)=C(Nc2ccc(Cl)c(Cl)c2)C1=O. The molecule has 3 rings (SSSR count). The monoisotopic (exact) mass is 394 g/mol. The van der Waals surface area contributed by atoms with Gasteiger partial charge < -0.3 is 5.32 Å². The Hall–Kier alpha value is -2.01. The number of benzene rings is 2. The molecule has 0 aliphatic carbocycles. The third-order valence-electron chi connectivity index (χ3n) is 3.83. The first-order chi connectivity index (χ1) is 11.9. The quantitative estimate of drug-likeness (QED) is 0.742. The Morgan fingerprint density at radius 3 is 2.36 bits per heavy atom. The van der Waals surface area contributed by atoms with Gasteiger partial charge in [-0.2, -0.15) is 0 Å². The van der Waals surface area contributed by atoms with Crippen LogP contribution < -0.4 is 10.2 Å². The van der Waals surface area contributed by atoms with Crippen LogP contribution in [0.15, 0.2) is 53.2 Å². The van der Waals surface area contributed by atoms with E-state index in [1.165, 1.54) is 0 Å². The maximum Gasteiger partial charge on any atom is 0.283 e. The average molecular weight is 396 g/mol. The average Bonchev–Trinajstić information content (AvgIpc) is 2.81. The van der Waals surface area contributed by atoms with Crippen molar-refractivity contribution < 1.29 is 9.59 Å². The molecule has 2 aromatic carbocycles. The summed E-state index contributed by atoms with van der Waals surface area (Å²) in [6.45, 7) is 1.95. The lowest BCUT2D eigenvalue weighted by Gasteiger charge is -2.18. The van der Waals surface area contributed by atoms with Crippen LogP contribution in [0.1, 0.15) is 12.5 Å². The number of hydrogen-bond acceptors (Lipinski definition) is 3. The Kier molecular flexibility index (Phi) is 5.04. The number of para-hydroxylation sites is 1. The molecule has 0 unspecified atom stereocenters. The molecule has 0 atom stereocenters. The highest BCUT2D eigenvalue weighted by Crippen LogP contribution is 2.33. The van der Waals surface area contributed by atoms with Crippen molar-refractivity contribution in [2.24, 2.45) is 0 Å². The lowest BCUT2D eigenvalue weighted by Crippen LogP contribution is -2.33. The number of nitrogens with one attached hydrogen (secondary N) is 1. The minimum Gasteiger partial charge on any atom is -0.350 e. The second kappa shape index (κ2) is 7.08. The van der Waals surface area contributed by atoms with Crippen molar-refractivity contribution in [3.63, 3.8) is 0 Å². The summed E-state index contributed by atoms with van der Waals surface area (Å²) in [4.78, 5) is 26.4. The first kappa shape index (κ1) is 17.8. The fraction of sp³-hybridized carbons (Fsp3) is 0.111. The van der Waals surface area contributed by atoms with Gasteiger partial charge in [0.25, 0.3) is 11.8 Å². The van der Waals surface area contributed by atoms with Crippen molar-refractivity contribution in [2.75, 3.05) is 10.2 Å². The van der Waals surface area contributed by atoms with Crippen LogP contribution in [-0.2, 0) is 16.0 Å². The topological polar surface area (TPSA) is 49.4 Å². The van der Waals surface area contributed by atoms with Crippen molar-refractivity contribution in [1.29, 1.82) is 0 Å². The fourth-order valence-corrected chi connectivity index (χ4v) is 3.09. The zero-order valence-corrected chi connectivity index (χ0v) is 15.4. The van der Waals surface area contributed by atoms with E-state index in [2.05, 4.69) is 5.32 Å². The van der Waals surface area contributed by atoms with Crippen molar-refractivity contribution in [1.82, 2.24) is 0 Å². The maximum absolute atomic E-state index is 12.8. The van der Waals surface area contributed by atoms with Gasteiger partial charge in [-0.05, 0) is 36.2 Å². The summed E-state index contributed by atoms with van der Waals surface area (Å²) < 4.78 is 0. The molecule has 0 saturated carbocycles. The number of anilines is 2. The van der Waals surface area contributed by atoms with Crippen molar-refractivity contribution >= 4 is 58.0 Å². The summed E-state index contributed by atoms with van der Waals surface area (Å²) in [5, 5.41) is 3.42. The predicted octanol–water partition coefficient (Wildman–Crippen LogP) is 4.99. The van der Waals surface area contributed by atoms with Crippen LogP contribution in [0.5, 0.6) is 0 Å². The van der Waals surface area contributed by atoms with Gasteiger partial charge in [-0.15, -0.1) is 0 Å². The third kappa shape index (κ3) is 3.25. The molecule has 0 aromatic heterocycles. The van der Waals surface area contributed by atoms with Crippen LogP contribution in [-0.4, -0.2) is 11.8 Å². The van der Waals surface area contributed by atoms with Crippen LogP contribution >= 0.6 is 34.8 Å². The van der Waals surface area contributed by atoms with Crippen LogP contribution in [0.3, 0.4) is 0 Å². The number of carbonyl (C=O) groups excluding carboxylic acids is 2. The van der Waals surface area contributed by atoms with Crippen molar-refractivity contribution in [3.05, 3.63) is 68.8 Å². The van der Waals surface area contributed by atoms with Crippen molar-refractivity contribution in [2.45, 2.75) is 13.3 Å². The molecule has 4 nitrogen and oxygen atoms in total. The highest BCUT2D eigenvalue weighted by atomic mass is 35.5. The van der Waals surface area contributed by atoms with Gasteiger partial charge in [0, 0.05) is 5.69 Å². The van der Waals surface area contributed by atoms with E-state index in [1.807, 2.05) is 19.1 Å². The minimum atomic E-state index is -0.560. The van der Waals surface area contributed by atoms with Crippen LogP contribution in [0.2, 0.25) is 10.0 Å². The molecular formula is C18H13Cl3N2O2. The molecule has 0 bridgehead atoms. The number of hydrogen-bond donors (Lipinski definition) is 1. The van der Waals surface area contributed by atoms with Gasteiger partial charge in [-0.25, -0.2) is 4.90 Å². The molecule has 7 heteroatoms. The number of carbonyl (C=O) groups is 2. The Morgan fingerprint density at radius 1 is 0.960 bits per heavy atom. The molecule has 1 aliphatic heterocycles. The Morgan fingerprint density at radius 2 is 1.68 bits per heavy atom. The van der Waals surface area contributed by atoms with Crippen molar-refractivity contribution in [3.8, 4) is 0 Å². The molecule has 25 heavy (non-hydrogen) atoms. The molecule has 1 N–H and O–H groups in total. The van der Waals surface area contributed by atoms with Gasteiger partial charge in [0.2, 0.25) is 0 Å². The molecule has 2 amide bonds. The fourth-order valence-electron chi connectivity index (χ4n) is 2.58. The van der Waals surface area contributed by atoms with E-state index in [0.717, 1.165) is 10.5 Å². The summed E-state index contributed by atoms with van der Waals surface area (Å²) in [6.07, 6.45) is 0.681. The first-order valence-electron chi connectivity index (χ1n) is 7.52. The summed E-state index contributed by atoms with van der Waals surface area (Å²) in [5.41, 5.74) is 1.93. The number of aryl methyl sites for hydroxylation is 1. The summed E-state index contributed by atoms with van der Waals surface area (Å²) in [5.74, 6) is -1.07. The lowest BCUT2D eigenvalue weighted by atomic mass is 10.1. The number of nitrogens with zero attached hydrogens (tertiary/aromatic N) is 1. The summed E-state index contributed by atoms with van der Waals surface area (Å²) in [7, 11) is 0. The van der Waals surface area contributed by atoms with E-state index in [-0.39, 0.29) is 10.7 Å². The Bertz CT molecular complexity index is 909. The molecule has 0 saturated heterocycles. The van der Waals surface area contributed by atoms with E-state index in [9.17, 15) is 9.59 Å². The van der Waals surface area contributed by atoms with E-state index in [4.69, 9.17) is 34.8 Å². The zero-order valence-electron chi connectivity index (χ0n) is 13.1. The largest absolute Gasteiger partial charge is 0.350 e. The second-order valence-corrected chi connectivity index (χ2v) is 6.56. The van der Waals surface area contributed by atoms with Crippen LogP contribution in [0.4, 0.5) is 11.4 Å². The van der Waals surface area contributed by atoms with Gasteiger partial charge >= 0.3 is 0 Å². The zero-order chi connectivity index (χ0) is 18.1. The molecule has 1 aliphatic rings. The molecule has 128 valence electrons. The molecule has 0 spiro atoms. The van der Waals surface area contributed by atoms with E-state index in [0.29, 0.717) is 27.8 Å². The number of rotatable bonds is 4. The van der Waals surface area contributed by atoms with Gasteiger partial charge in [0.15, 0.2) is 0 Å². The highest BCUT2D eigenvalue weighted by molar-refractivity contribution is 6.53. The van der Waals surface area contributed by atoms with Gasteiger partial charge in [0.05, 0.1) is 15.7 Å². The van der Waals surface area contributed by atoms with Crippen LogP contribution in [0.25, 0.3) is 0 Å². The van der Waals surface area contributed by atoms with Gasteiger partial charge in [0.1, 0.15) is 10.7 Å². The molecule has 2 aromatic rings. The second-order valence-electron chi connectivity index (χ2n) is 5.37. The Balaban J connectivity index is 1.95. The van der Waals surface area contributed by atoms with E-state index >= 15 is 0 Å². The predicted molar refractivity (Wildman–Crippen MR) is 101 cm³/mol. The molecule has 0 fully saturated rings. The normalized spacial score (nSPS) is 14.5. The minimum absolute atomic E-state index is 0.0101. The van der Waals surface area contributed by atoms with Gasteiger partial charge in [-0.3, -0.25) is 9.59 Å². The Labute approximate surface area is 160 Å². The molecule has 1 heterocycles. The van der Waals surface area contributed by atoms with Gasteiger partial charge in [-0.1, -0.05) is 59.9 Å². The van der Waals surface area contributed by atoms with Crippen LogP contribution in [0, 0.1) is 0 Å². The number of halogens is 3. The highest BCUT2D eigenvalue weighted by Gasteiger charge is 2.39. The standard InChI is InChI=1S/C18H13Cl3N2O2/c1-2-10-5-3-4-6-14(10)23-17(24)15(21)16(18(23)25)22-11-7-8-12(19)13(20)9-11/h3-9,22H,2H2,1H3. The maximum atomic E-state index is 12.8.